The number of hydrogen-bond donors (Lipinski definition) is 0. The number of rotatable bonds is 6. The van der Waals surface area contributed by atoms with Gasteiger partial charge in [-0.15, -0.1) is 0 Å². The van der Waals surface area contributed by atoms with Gasteiger partial charge in [0, 0.05) is 24.0 Å². The van der Waals surface area contributed by atoms with Gasteiger partial charge in [-0.3, -0.25) is 0 Å². The topological polar surface area (TPSA) is 9.23 Å². The van der Waals surface area contributed by atoms with Crippen LogP contribution >= 0.6 is 0 Å². The molecule has 0 bridgehead atoms. The van der Waals surface area contributed by atoms with Crippen LogP contribution in [0.1, 0.15) is 72.2 Å². The van der Waals surface area contributed by atoms with Crippen LogP contribution in [0, 0.1) is 0 Å². The van der Waals surface area contributed by atoms with E-state index in [9.17, 15) is 0 Å². The Hall–Kier alpha value is -3.32. The van der Waals surface area contributed by atoms with E-state index in [1.165, 1.54) is 66.8 Å². The molecular formula is C34H34O. The van der Waals surface area contributed by atoms with E-state index < -0.39 is 0 Å². The molecule has 0 amide bonds. The lowest BCUT2D eigenvalue weighted by atomic mass is 9.92. The van der Waals surface area contributed by atoms with Crippen molar-refractivity contribution in [1.82, 2.24) is 0 Å². The molecule has 0 radical (unpaired) electrons. The standard InChI is InChI=1S/C34H34O/c1-5-21-17-29-27-15-11-9-13-23(27)19-31(29)33(25(21)7-3)35-34-26(8-4)22(6-2)18-30-28-16-12-10-14-24(28)20-32(30)34/h9-18H,5-8,19-20H2,1-4H3. The number of aryl methyl sites for hydroxylation is 2. The van der Waals surface area contributed by atoms with Crippen LogP contribution in [0.3, 0.4) is 0 Å². The van der Waals surface area contributed by atoms with Gasteiger partial charge in [-0.05, 0) is 81.3 Å². The Morgan fingerprint density at radius 1 is 0.543 bits per heavy atom. The number of ether oxygens (including phenoxy) is 1. The van der Waals surface area contributed by atoms with Crippen LogP contribution in [-0.4, -0.2) is 0 Å². The van der Waals surface area contributed by atoms with Crippen LogP contribution in [0.5, 0.6) is 11.5 Å². The van der Waals surface area contributed by atoms with E-state index in [1.54, 1.807) is 0 Å². The first-order valence-electron chi connectivity index (χ1n) is 13.4. The molecule has 0 saturated heterocycles. The van der Waals surface area contributed by atoms with Crippen molar-refractivity contribution >= 4 is 0 Å². The zero-order valence-corrected chi connectivity index (χ0v) is 21.4. The molecule has 2 aliphatic rings. The van der Waals surface area contributed by atoms with Gasteiger partial charge in [0.15, 0.2) is 0 Å². The van der Waals surface area contributed by atoms with E-state index in [0.717, 1.165) is 50.0 Å². The van der Waals surface area contributed by atoms with Crippen molar-refractivity contribution in [1.29, 1.82) is 0 Å². The SMILES string of the molecule is CCc1cc2c(c(Oc3c(CC)c(CC)cc4c3Cc3ccccc3-4)c1CC)Cc1ccccc1-2. The highest BCUT2D eigenvalue weighted by atomic mass is 16.5. The molecule has 0 heterocycles. The van der Waals surface area contributed by atoms with E-state index in [1.807, 2.05) is 0 Å². The van der Waals surface area contributed by atoms with Crippen molar-refractivity contribution in [2.45, 2.75) is 66.2 Å². The summed E-state index contributed by atoms with van der Waals surface area (Å²) in [5.41, 5.74) is 16.7. The summed E-state index contributed by atoms with van der Waals surface area (Å²) < 4.78 is 7.26. The van der Waals surface area contributed by atoms with Gasteiger partial charge in [0.25, 0.3) is 0 Å². The number of hydrogen-bond acceptors (Lipinski definition) is 1. The fourth-order valence-corrected chi connectivity index (χ4v) is 6.44. The minimum atomic E-state index is 0.954. The average molecular weight is 459 g/mol. The summed E-state index contributed by atoms with van der Waals surface area (Å²) in [6.07, 6.45) is 5.92. The highest BCUT2D eigenvalue weighted by molar-refractivity contribution is 5.83. The Morgan fingerprint density at radius 3 is 1.37 bits per heavy atom. The van der Waals surface area contributed by atoms with Gasteiger partial charge in [-0.25, -0.2) is 0 Å². The highest BCUT2D eigenvalue weighted by Crippen LogP contribution is 2.50. The summed E-state index contributed by atoms with van der Waals surface area (Å²) in [6, 6.07) is 22.6. The predicted molar refractivity (Wildman–Crippen MR) is 147 cm³/mol. The molecule has 6 rings (SSSR count). The third-order valence-electron chi connectivity index (χ3n) is 8.18. The van der Waals surface area contributed by atoms with Crippen LogP contribution in [0.2, 0.25) is 0 Å². The summed E-state index contributed by atoms with van der Waals surface area (Å²) in [4.78, 5) is 0. The molecule has 1 heteroatoms. The Morgan fingerprint density at radius 2 is 0.971 bits per heavy atom. The first kappa shape index (κ1) is 22.2. The smallest absolute Gasteiger partial charge is 0.135 e. The van der Waals surface area contributed by atoms with Crippen LogP contribution in [0.4, 0.5) is 0 Å². The predicted octanol–water partition coefficient (Wildman–Crippen LogP) is 8.87. The van der Waals surface area contributed by atoms with Gasteiger partial charge in [-0.2, -0.15) is 0 Å². The fourth-order valence-electron chi connectivity index (χ4n) is 6.44. The lowest BCUT2D eigenvalue weighted by molar-refractivity contribution is 0.461. The zero-order chi connectivity index (χ0) is 24.1. The molecule has 176 valence electrons. The van der Waals surface area contributed by atoms with Gasteiger partial charge in [-0.1, -0.05) is 88.4 Å². The van der Waals surface area contributed by atoms with Crippen LogP contribution < -0.4 is 4.74 Å². The van der Waals surface area contributed by atoms with Gasteiger partial charge >= 0.3 is 0 Å². The normalized spacial score (nSPS) is 12.8. The van der Waals surface area contributed by atoms with Gasteiger partial charge in [0.2, 0.25) is 0 Å². The second kappa shape index (κ2) is 8.72. The van der Waals surface area contributed by atoms with E-state index in [-0.39, 0.29) is 0 Å². The molecule has 0 aromatic heterocycles. The van der Waals surface area contributed by atoms with Crippen molar-refractivity contribution in [3.05, 3.63) is 105 Å². The molecular weight excluding hydrogens is 424 g/mol. The van der Waals surface area contributed by atoms with Gasteiger partial charge in [0.05, 0.1) is 0 Å². The third-order valence-corrected chi connectivity index (χ3v) is 8.18. The van der Waals surface area contributed by atoms with Crippen molar-refractivity contribution in [2.24, 2.45) is 0 Å². The van der Waals surface area contributed by atoms with E-state index >= 15 is 0 Å². The summed E-state index contributed by atoms with van der Waals surface area (Å²) in [5.74, 6) is 2.25. The van der Waals surface area contributed by atoms with Crippen LogP contribution in [-0.2, 0) is 38.5 Å². The molecule has 0 atom stereocenters. The minimum Gasteiger partial charge on any atom is -0.456 e. The molecule has 0 N–H and O–H groups in total. The third kappa shape index (κ3) is 3.36. The second-order valence-electron chi connectivity index (χ2n) is 9.92. The summed E-state index contributed by atoms with van der Waals surface area (Å²) >= 11 is 0. The van der Waals surface area contributed by atoms with Gasteiger partial charge in [0.1, 0.15) is 11.5 Å². The van der Waals surface area contributed by atoms with E-state index in [4.69, 9.17) is 4.74 Å². The zero-order valence-electron chi connectivity index (χ0n) is 21.4. The van der Waals surface area contributed by atoms with Crippen molar-refractivity contribution in [3.63, 3.8) is 0 Å². The van der Waals surface area contributed by atoms with Crippen LogP contribution in [0.15, 0.2) is 60.7 Å². The molecule has 1 nitrogen and oxygen atoms in total. The monoisotopic (exact) mass is 458 g/mol. The maximum atomic E-state index is 7.26. The summed E-state index contributed by atoms with van der Waals surface area (Å²) in [7, 11) is 0. The largest absolute Gasteiger partial charge is 0.456 e. The maximum Gasteiger partial charge on any atom is 0.135 e. The molecule has 4 aromatic rings. The highest BCUT2D eigenvalue weighted by Gasteiger charge is 2.30. The summed E-state index contributed by atoms with van der Waals surface area (Å²) in [6.45, 7) is 9.10. The lowest BCUT2D eigenvalue weighted by Gasteiger charge is -2.23. The lowest BCUT2D eigenvalue weighted by Crippen LogP contribution is -2.05. The quantitative estimate of drug-likeness (QED) is 0.242. The van der Waals surface area contributed by atoms with E-state index in [0.29, 0.717) is 0 Å². The van der Waals surface area contributed by atoms with Crippen molar-refractivity contribution in [2.75, 3.05) is 0 Å². The molecule has 0 unspecified atom stereocenters. The first-order chi connectivity index (χ1) is 17.2. The fraction of sp³-hybridized carbons (Fsp3) is 0.294. The maximum absolute atomic E-state index is 7.26. The number of benzene rings is 4. The van der Waals surface area contributed by atoms with Crippen molar-refractivity contribution < 1.29 is 4.74 Å². The molecule has 0 fully saturated rings. The number of fused-ring (bicyclic) bond motifs is 6. The summed E-state index contributed by atoms with van der Waals surface area (Å²) in [5, 5.41) is 0. The second-order valence-corrected chi connectivity index (χ2v) is 9.92. The molecule has 2 aliphatic carbocycles. The molecule has 0 spiro atoms. The molecule has 4 aromatic carbocycles. The first-order valence-corrected chi connectivity index (χ1v) is 13.4. The molecule has 0 saturated carbocycles. The molecule has 35 heavy (non-hydrogen) atoms. The van der Waals surface area contributed by atoms with Crippen LogP contribution in [0.25, 0.3) is 22.3 Å². The Balaban J connectivity index is 1.59. The Labute approximate surface area is 209 Å². The van der Waals surface area contributed by atoms with E-state index in [2.05, 4.69) is 88.4 Å². The van der Waals surface area contributed by atoms with Gasteiger partial charge < -0.3 is 4.74 Å². The average Bonchev–Trinajstić information content (AvgIpc) is 3.46. The Bertz CT molecular complexity index is 1350. The van der Waals surface area contributed by atoms with Crippen molar-refractivity contribution in [3.8, 4) is 33.8 Å². The Kier molecular flexibility index (Phi) is 5.52. The molecule has 0 aliphatic heterocycles. The minimum absolute atomic E-state index is 0.954.